The number of hydrogen-bond acceptors (Lipinski definition) is 9. The second-order valence-corrected chi connectivity index (χ2v) is 9.35. The van der Waals surface area contributed by atoms with Gasteiger partial charge >= 0.3 is 15.6 Å². The third kappa shape index (κ3) is 3.60. The summed E-state index contributed by atoms with van der Waals surface area (Å²) >= 11 is 0. The van der Waals surface area contributed by atoms with Gasteiger partial charge in [0.25, 0.3) is 0 Å². The van der Waals surface area contributed by atoms with Crippen molar-refractivity contribution in [1.82, 2.24) is 10.3 Å². The summed E-state index contributed by atoms with van der Waals surface area (Å²) < 4.78 is 77.2. The number of pyridine rings is 1. The van der Waals surface area contributed by atoms with Crippen LogP contribution < -0.4 is 24.9 Å². The van der Waals surface area contributed by atoms with E-state index in [1.54, 1.807) is 12.3 Å². The number of alkyl halides is 3. The van der Waals surface area contributed by atoms with Crippen LogP contribution in [0.4, 0.5) is 18.9 Å². The highest BCUT2D eigenvalue weighted by molar-refractivity contribution is 7.88. The summed E-state index contributed by atoms with van der Waals surface area (Å²) in [5, 5.41) is 3.04. The monoisotopic (exact) mass is 484 g/mol. The molecule has 0 unspecified atom stereocenters. The van der Waals surface area contributed by atoms with E-state index < -0.39 is 26.8 Å². The van der Waals surface area contributed by atoms with Gasteiger partial charge in [-0.2, -0.15) is 21.6 Å². The van der Waals surface area contributed by atoms with E-state index in [1.165, 1.54) is 12.1 Å². The van der Waals surface area contributed by atoms with E-state index in [9.17, 15) is 21.6 Å². The molecule has 0 bridgehead atoms. The van der Waals surface area contributed by atoms with Crippen molar-refractivity contribution in [3.05, 3.63) is 53.5 Å². The molecule has 33 heavy (non-hydrogen) atoms. The first-order chi connectivity index (χ1) is 15.6. The van der Waals surface area contributed by atoms with Crippen molar-refractivity contribution in [2.24, 2.45) is 5.73 Å². The zero-order valence-corrected chi connectivity index (χ0v) is 17.9. The molecule has 5 rings (SSSR count). The highest BCUT2D eigenvalue weighted by Gasteiger charge is 2.49. The van der Waals surface area contributed by atoms with Crippen LogP contribution in [0.25, 0.3) is 0 Å². The molecule has 1 fully saturated rings. The van der Waals surface area contributed by atoms with Crippen LogP contribution in [0.15, 0.2) is 42.4 Å². The molecule has 3 N–H and O–H groups in total. The van der Waals surface area contributed by atoms with E-state index in [2.05, 4.69) is 19.4 Å². The minimum atomic E-state index is -5.83. The van der Waals surface area contributed by atoms with E-state index in [4.69, 9.17) is 15.2 Å². The number of anilines is 1. The summed E-state index contributed by atoms with van der Waals surface area (Å²) in [4.78, 5) is 6.58. The average molecular weight is 484 g/mol. The lowest BCUT2D eigenvalue weighted by molar-refractivity contribution is -0.0500. The van der Waals surface area contributed by atoms with Gasteiger partial charge in [0.2, 0.25) is 5.88 Å². The first-order valence-electron chi connectivity index (χ1n) is 9.98. The van der Waals surface area contributed by atoms with Crippen molar-refractivity contribution in [2.45, 2.75) is 10.9 Å². The number of nitrogens with two attached hydrogens (primary N) is 1. The first kappa shape index (κ1) is 21.6. The number of hydrogen-bond donors (Lipinski definition) is 2. The number of rotatable bonds is 3. The van der Waals surface area contributed by atoms with Gasteiger partial charge in [0, 0.05) is 30.8 Å². The van der Waals surface area contributed by atoms with Crippen LogP contribution in [0, 0.1) is 0 Å². The lowest BCUT2D eigenvalue weighted by Gasteiger charge is -2.36. The highest BCUT2D eigenvalue weighted by Crippen LogP contribution is 2.51. The minimum absolute atomic E-state index is 0.270. The fourth-order valence-corrected chi connectivity index (χ4v) is 4.66. The number of nitrogens with one attached hydrogen (secondary N) is 1. The number of ether oxygens (including phenoxy) is 2. The maximum absolute atomic E-state index is 12.8. The van der Waals surface area contributed by atoms with Gasteiger partial charge in [-0.25, -0.2) is 4.98 Å². The molecule has 0 aliphatic carbocycles. The van der Waals surface area contributed by atoms with Gasteiger partial charge in [-0.05, 0) is 30.3 Å². The number of morpholine rings is 1. The van der Waals surface area contributed by atoms with Gasteiger partial charge in [0.1, 0.15) is 11.5 Å². The second kappa shape index (κ2) is 7.42. The molecule has 0 saturated carbocycles. The van der Waals surface area contributed by atoms with E-state index in [0.29, 0.717) is 54.9 Å². The number of halogens is 3. The van der Waals surface area contributed by atoms with E-state index in [-0.39, 0.29) is 6.54 Å². The maximum Gasteiger partial charge on any atom is 0.534 e. The van der Waals surface area contributed by atoms with Crippen LogP contribution in [0.2, 0.25) is 0 Å². The lowest BCUT2D eigenvalue weighted by Crippen LogP contribution is -2.38. The fourth-order valence-electron chi connectivity index (χ4n) is 4.21. The van der Waals surface area contributed by atoms with Gasteiger partial charge in [0.15, 0.2) is 0 Å². The topological polar surface area (TPSA) is 116 Å². The van der Waals surface area contributed by atoms with Crippen molar-refractivity contribution in [3.8, 4) is 17.4 Å². The standard InChI is InChI=1S/C20H19F3N4O5S/c21-20(22,23)33(28,29)32-13-1-2-16-14(8-13)19(9-17(24)26-11-19)15-7-12(10-25-18(15)31-16)27-3-5-30-6-4-27/h1-2,7-10,26H,3-6,11,24H2/t19-/m0/s1. The van der Waals surface area contributed by atoms with Crippen molar-refractivity contribution in [2.75, 3.05) is 37.7 Å². The Hall–Kier alpha value is -3.19. The quantitative estimate of drug-likeness (QED) is 0.498. The molecule has 2 aromatic rings. The van der Waals surface area contributed by atoms with Crippen molar-refractivity contribution in [3.63, 3.8) is 0 Å². The Labute approximate surface area is 187 Å². The van der Waals surface area contributed by atoms with Gasteiger partial charge in [0.05, 0.1) is 36.3 Å². The molecule has 1 aromatic carbocycles. The molecule has 3 aliphatic heterocycles. The van der Waals surface area contributed by atoms with Crippen molar-refractivity contribution in [1.29, 1.82) is 0 Å². The van der Waals surface area contributed by atoms with Crippen LogP contribution in [-0.2, 0) is 20.3 Å². The van der Waals surface area contributed by atoms with E-state index in [0.717, 1.165) is 11.8 Å². The molecule has 1 aromatic heterocycles. The van der Waals surface area contributed by atoms with Crippen LogP contribution in [0.5, 0.6) is 17.4 Å². The Kier molecular flexibility index (Phi) is 4.86. The lowest BCUT2D eigenvalue weighted by atomic mass is 9.74. The molecule has 9 nitrogen and oxygen atoms in total. The average Bonchev–Trinajstić information content (AvgIpc) is 3.16. The third-order valence-electron chi connectivity index (χ3n) is 5.79. The summed E-state index contributed by atoms with van der Waals surface area (Å²) in [6.07, 6.45) is 3.41. The Morgan fingerprint density at radius 1 is 1.18 bits per heavy atom. The molecule has 1 saturated heterocycles. The van der Waals surface area contributed by atoms with Crippen LogP contribution in [0.1, 0.15) is 11.1 Å². The molecule has 0 radical (unpaired) electrons. The predicted octanol–water partition coefficient (Wildman–Crippen LogP) is 1.94. The predicted molar refractivity (Wildman–Crippen MR) is 110 cm³/mol. The Morgan fingerprint density at radius 2 is 1.94 bits per heavy atom. The summed E-state index contributed by atoms with van der Waals surface area (Å²) in [7, 11) is -5.83. The number of fused-ring (bicyclic) bond motifs is 4. The van der Waals surface area contributed by atoms with Crippen molar-refractivity contribution < 1.29 is 35.2 Å². The minimum Gasteiger partial charge on any atom is -0.438 e. The van der Waals surface area contributed by atoms with Crippen LogP contribution >= 0.6 is 0 Å². The Balaban J connectivity index is 1.61. The van der Waals surface area contributed by atoms with Crippen molar-refractivity contribution >= 4 is 15.8 Å². The fraction of sp³-hybridized carbons (Fsp3) is 0.350. The number of benzene rings is 1. The zero-order valence-electron chi connectivity index (χ0n) is 17.1. The second-order valence-electron chi connectivity index (χ2n) is 7.81. The summed E-state index contributed by atoms with van der Waals surface area (Å²) in [5.74, 6) is 0.496. The molecular formula is C20H19F3N4O5S. The van der Waals surface area contributed by atoms with Gasteiger partial charge < -0.3 is 29.6 Å². The molecule has 1 atom stereocenters. The molecule has 13 heteroatoms. The third-order valence-corrected chi connectivity index (χ3v) is 6.77. The normalized spacial score (nSPS) is 22.2. The Morgan fingerprint density at radius 3 is 2.61 bits per heavy atom. The number of nitrogens with zero attached hydrogens (tertiary/aromatic N) is 2. The van der Waals surface area contributed by atoms with E-state index in [1.807, 2.05) is 6.07 Å². The van der Waals surface area contributed by atoms with E-state index >= 15 is 0 Å². The molecular weight excluding hydrogens is 465 g/mol. The summed E-state index contributed by atoms with van der Waals surface area (Å²) in [5.41, 5.74) is 1.38. The number of aromatic nitrogens is 1. The molecule has 1 spiro atoms. The van der Waals surface area contributed by atoms with Gasteiger partial charge in [-0.1, -0.05) is 0 Å². The summed E-state index contributed by atoms with van der Waals surface area (Å²) in [6, 6.07) is 5.56. The first-order valence-corrected chi connectivity index (χ1v) is 11.4. The molecule has 0 amide bonds. The maximum atomic E-state index is 12.8. The molecule has 176 valence electrons. The molecule has 4 heterocycles. The van der Waals surface area contributed by atoms with Crippen LogP contribution in [0.3, 0.4) is 0 Å². The SMILES string of the molecule is NC1=C[C@]2(CN1)c1cc(OS(=O)(=O)C(F)(F)F)ccc1Oc1ncc(N3CCOCC3)cc12. The summed E-state index contributed by atoms with van der Waals surface area (Å²) in [6.45, 7) is 2.77. The largest absolute Gasteiger partial charge is 0.534 e. The highest BCUT2D eigenvalue weighted by atomic mass is 32.2. The zero-order chi connectivity index (χ0) is 23.4. The van der Waals surface area contributed by atoms with Crippen LogP contribution in [-0.4, -0.2) is 51.8 Å². The smallest absolute Gasteiger partial charge is 0.438 e. The van der Waals surface area contributed by atoms with Gasteiger partial charge in [-0.3, -0.25) is 0 Å². The Bertz CT molecular complexity index is 1240. The van der Waals surface area contributed by atoms with Gasteiger partial charge in [-0.15, -0.1) is 0 Å². The molecule has 3 aliphatic rings.